The molecule has 0 unspecified atom stereocenters. The number of rotatable bonds is 4. The van der Waals surface area contributed by atoms with Crippen molar-refractivity contribution in [3.05, 3.63) is 0 Å². The van der Waals surface area contributed by atoms with E-state index in [1.54, 1.807) is 0 Å². The van der Waals surface area contributed by atoms with Gasteiger partial charge in [0.05, 0.1) is 19.3 Å². The maximum absolute atomic E-state index is 5.90. The fraction of sp³-hybridized carbons (Fsp3) is 1.00. The van der Waals surface area contributed by atoms with E-state index in [4.69, 9.17) is 9.47 Å². The molecular formula is C12H24N2O2. The van der Waals surface area contributed by atoms with Gasteiger partial charge in [-0.3, -0.25) is 4.90 Å². The van der Waals surface area contributed by atoms with Crippen LogP contribution in [0.4, 0.5) is 0 Å². The molecule has 4 heteroatoms. The lowest BCUT2D eigenvalue weighted by molar-refractivity contribution is 0.0198. The minimum Gasteiger partial charge on any atom is -0.380 e. The molecule has 2 aliphatic rings. The van der Waals surface area contributed by atoms with E-state index >= 15 is 0 Å². The lowest BCUT2D eigenvalue weighted by Crippen LogP contribution is -2.35. The van der Waals surface area contributed by atoms with Crippen LogP contribution < -0.4 is 5.32 Å². The highest BCUT2D eigenvalue weighted by Crippen LogP contribution is 2.07. The molecule has 0 saturated carbocycles. The third-order valence-corrected chi connectivity index (χ3v) is 3.36. The van der Waals surface area contributed by atoms with Gasteiger partial charge in [0.1, 0.15) is 0 Å². The third-order valence-electron chi connectivity index (χ3n) is 3.36. The van der Waals surface area contributed by atoms with Gasteiger partial charge in [-0.1, -0.05) is 0 Å². The summed E-state index contributed by atoms with van der Waals surface area (Å²) >= 11 is 0. The van der Waals surface area contributed by atoms with Gasteiger partial charge in [0.2, 0.25) is 0 Å². The van der Waals surface area contributed by atoms with Crippen molar-refractivity contribution in [2.24, 2.45) is 0 Å². The van der Waals surface area contributed by atoms with E-state index in [1.807, 2.05) is 0 Å². The van der Waals surface area contributed by atoms with E-state index in [0.29, 0.717) is 6.10 Å². The van der Waals surface area contributed by atoms with Crippen LogP contribution in [-0.4, -0.2) is 63.5 Å². The second-order valence-corrected chi connectivity index (χ2v) is 4.63. The first-order valence-corrected chi connectivity index (χ1v) is 6.57. The standard InChI is InChI=1S/C12H24N2O2/c1-6-14(7-10-15-9-1)8-11-16-12-2-4-13-5-3-12/h12-13H,1-11H2. The molecule has 0 spiro atoms. The van der Waals surface area contributed by atoms with Gasteiger partial charge in [-0.25, -0.2) is 0 Å². The van der Waals surface area contributed by atoms with Gasteiger partial charge in [0.15, 0.2) is 0 Å². The van der Waals surface area contributed by atoms with Crippen molar-refractivity contribution in [3.8, 4) is 0 Å². The molecule has 1 N–H and O–H groups in total. The summed E-state index contributed by atoms with van der Waals surface area (Å²) in [5.74, 6) is 0. The van der Waals surface area contributed by atoms with Gasteiger partial charge < -0.3 is 14.8 Å². The minimum absolute atomic E-state index is 0.490. The topological polar surface area (TPSA) is 33.7 Å². The average molecular weight is 228 g/mol. The molecule has 2 fully saturated rings. The van der Waals surface area contributed by atoms with E-state index < -0.39 is 0 Å². The van der Waals surface area contributed by atoms with Gasteiger partial charge in [-0.05, 0) is 32.4 Å². The Balaban J connectivity index is 1.55. The molecule has 0 aromatic carbocycles. The first kappa shape index (κ1) is 12.3. The number of piperidine rings is 1. The Labute approximate surface area is 98.3 Å². The van der Waals surface area contributed by atoms with E-state index in [-0.39, 0.29) is 0 Å². The predicted octanol–water partition coefficient (Wildman–Crippen LogP) is 0.477. The highest BCUT2D eigenvalue weighted by molar-refractivity contribution is 4.68. The van der Waals surface area contributed by atoms with Crippen LogP contribution in [0, 0.1) is 0 Å². The Kier molecular flexibility index (Phi) is 5.55. The van der Waals surface area contributed by atoms with Crippen molar-refractivity contribution in [1.82, 2.24) is 10.2 Å². The van der Waals surface area contributed by atoms with Crippen LogP contribution in [0.25, 0.3) is 0 Å². The van der Waals surface area contributed by atoms with Crippen LogP contribution in [0.3, 0.4) is 0 Å². The SMILES string of the molecule is C1COCCN(CCOC2CCNCC2)C1. The average Bonchev–Trinajstić information content (AvgIpc) is 2.59. The van der Waals surface area contributed by atoms with Gasteiger partial charge in [0.25, 0.3) is 0 Å². The number of nitrogens with zero attached hydrogens (tertiary/aromatic N) is 1. The maximum Gasteiger partial charge on any atom is 0.0600 e. The second-order valence-electron chi connectivity index (χ2n) is 4.63. The highest BCUT2D eigenvalue weighted by atomic mass is 16.5. The predicted molar refractivity (Wildman–Crippen MR) is 63.7 cm³/mol. The molecule has 0 bridgehead atoms. The normalized spacial score (nSPS) is 25.5. The molecule has 2 rings (SSSR count). The van der Waals surface area contributed by atoms with E-state index in [2.05, 4.69) is 10.2 Å². The summed E-state index contributed by atoms with van der Waals surface area (Å²) in [6, 6.07) is 0. The maximum atomic E-state index is 5.90. The zero-order valence-electron chi connectivity index (χ0n) is 10.1. The Morgan fingerprint density at radius 2 is 2.06 bits per heavy atom. The van der Waals surface area contributed by atoms with Crippen molar-refractivity contribution in [3.63, 3.8) is 0 Å². The van der Waals surface area contributed by atoms with Crippen molar-refractivity contribution in [1.29, 1.82) is 0 Å². The summed E-state index contributed by atoms with van der Waals surface area (Å²) in [6.45, 7) is 8.20. The van der Waals surface area contributed by atoms with Crippen molar-refractivity contribution >= 4 is 0 Å². The largest absolute Gasteiger partial charge is 0.380 e. The van der Waals surface area contributed by atoms with Crippen LogP contribution in [0.5, 0.6) is 0 Å². The summed E-state index contributed by atoms with van der Waals surface area (Å²) in [6.07, 6.45) is 3.99. The molecule has 0 radical (unpaired) electrons. The second kappa shape index (κ2) is 7.22. The van der Waals surface area contributed by atoms with Crippen LogP contribution in [0.2, 0.25) is 0 Å². The summed E-state index contributed by atoms with van der Waals surface area (Å²) in [7, 11) is 0. The fourth-order valence-corrected chi connectivity index (χ4v) is 2.33. The molecule has 2 saturated heterocycles. The molecule has 0 aliphatic carbocycles. The minimum atomic E-state index is 0.490. The zero-order chi connectivity index (χ0) is 11.1. The Hall–Kier alpha value is -0.160. The lowest BCUT2D eigenvalue weighted by atomic mass is 10.1. The molecule has 94 valence electrons. The van der Waals surface area contributed by atoms with Crippen molar-refractivity contribution < 1.29 is 9.47 Å². The molecule has 2 aliphatic heterocycles. The lowest BCUT2D eigenvalue weighted by Gasteiger charge is -2.25. The van der Waals surface area contributed by atoms with Crippen LogP contribution in [0.15, 0.2) is 0 Å². The number of ether oxygens (including phenoxy) is 2. The first-order valence-electron chi connectivity index (χ1n) is 6.57. The number of nitrogens with one attached hydrogen (secondary N) is 1. The third kappa shape index (κ3) is 4.37. The first-order chi connectivity index (χ1) is 7.95. The molecule has 16 heavy (non-hydrogen) atoms. The summed E-state index contributed by atoms with van der Waals surface area (Å²) in [5, 5.41) is 3.36. The Morgan fingerprint density at radius 3 is 2.94 bits per heavy atom. The molecule has 0 amide bonds. The molecular weight excluding hydrogens is 204 g/mol. The summed E-state index contributed by atoms with van der Waals surface area (Å²) in [5.41, 5.74) is 0. The van der Waals surface area contributed by atoms with Gasteiger partial charge >= 0.3 is 0 Å². The summed E-state index contributed by atoms with van der Waals surface area (Å²) < 4.78 is 11.3. The Morgan fingerprint density at radius 1 is 1.19 bits per heavy atom. The number of hydrogen-bond donors (Lipinski definition) is 1. The van der Waals surface area contributed by atoms with E-state index in [0.717, 1.165) is 59.0 Å². The van der Waals surface area contributed by atoms with E-state index in [1.165, 1.54) is 12.8 Å². The quantitative estimate of drug-likeness (QED) is 0.759. The van der Waals surface area contributed by atoms with Crippen LogP contribution in [-0.2, 0) is 9.47 Å². The number of hydrogen-bond acceptors (Lipinski definition) is 4. The van der Waals surface area contributed by atoms with Crippen molar-refractivity contribution in [2.75, 3.05) is 52.5 Å². The fourth-order valence-electron chi connectivity index (χ4n) is 2.33. The monoisotopic (exact) mass is 228 g/mol. The van der Waals surface area contributed by atoms with Gasteiger partial charge in [-0.15, -0.1) is 0 Å². The van der Waals surface area contributed by atoms with Gasteiger partial charge in [0, 0.05) is 26.2 Å². The Bertz CT molecular complexity index is 176. The zero-order valence-corrected chi connectivity index (χ0v) is 10.1. The molecule has 0 atom stereocenters. The highest BCUT2D eigenvalue weighted by Gasteiger charge is 2.14. The smallest absolute Gasteiger partial charge is 0.0600 e. The molecule has 4 nitrogen and oxygen atoms in total. The van der Waals surface area contributed by atoms with Crippen LogP contribution >= 0.6 is 0 Å². The van der Waals surface area contributed by atoms with Gasteiger partial charge in [-0.2, -0.15) is 0 Å². The summed E-state index contributed by atoms with van der Waals surface area (Å²) in [4.78, 5) is 2.45. The molecule has 2 heterocycles. The van der Waals surface area contributed by atoms with Crippen molar-refractivity contribution in [2.45, 2.75) is 25.4 Å². The molecule has 0 aromatic heterocycles. The van der Waals surface area contributed by atoms with E-state index in [9.17, 15) is 0 Å². The molecule has 0 aromatic rings. The van der Waals surface area contributed by atoms with Crippen LogP contribution in [0.1, 0.15) is 19.3 Å².